The lowest BCUT2D eigenvalue weighted by Gasteiger charge is -2.40. The van der Waals surface area contributed by atoms with Gasteiger partial charge in [-0.05, 0) is 86.4 Å². The van der Waals surface area contributed by atoms with Gasteiger partial charge in [-0.1, -0.05) is 129 Å². The number of nitrogens with zero attached hydrogens (tertiary/aromatic N) is 2. The summed E-state index contributed by atoms with van der Waals surface area (Å²) < 4.78 is 29.2. The minimum absolute atomic E-state index is 0.0581. The van der Waals surface area contributed by atoms with E-state index >= 15 is 0 Å². The van der Waals surface area contributed by atoms with Crippen molar-refractivity contribution >= 4 is 63.3 Å². The zero-order chi connectivity index (χ0) is 59.9. The van der Waals surface area contributed by atoms with E-state index in [0.717, 1.165) is 10.5 Å². The molecule has 5 atom stereocenters. The van der Waals surface area contributed by atoms with Crippen LogP contribution in [0, 0.1) is 17.3 Å². The van der Waals surface area contributed by atoms with Crippen LogP contribution in [-0.4, -0.2) is 129 Å². The predicted molar refractivity (Wildman–Crippen MR) is 305 cm³/mol. The number of carbonyl (C=O) groups is 9. The first-order chi connectivity index (χ1) is 37.3. The molecule has 440 valence electrons. The molecule has 0 unspecified atom stereocenters. The summed E-state index contributed by atoms with van der Waals surface area (Å²) in [5.41, 5.74) is 5.08. The van der Waals surface area contributed by atoms with E-state index < -0.39 is 92.0 Å². The fourth-order valence-electron chi connectivity index (χ4n) is 9.71. The van der Waals surface area contributed by atoms with Gasteiger partial charge >= 0.3 is 6.03 Å². The molecule has 4 rings (SSSR count). The Labute approximate surface area is 472 Å². The molecule has 1 heterocycles. The quantitative estimate of drug-likeness (QED) is 0.0315. The number of hydrogen-bond acceptors (Lipinski definition) is 12. The third-order valence-corrected chi connectivity index (χ3v) is 15.9. The summed E-state index contributed by atoms with van der Waals surface area (Å²) in [6, 6.07) is 11.0. The van der Waals surface area contributed by atoms with E-state index in [1.54, 1.807) is 58.3 Å². The van der Waals surface area contributed by atoms with E-state index in [1.807, 2.05) is 78.8 Å². The van der Waals surface area contributed by atoms with Gasteiger partial charge in [-0.2, -0.15) is 0 Å². The van der Waals surface area contributed by atoms with Crippen molar-refractivity contribution in [2.24, 2.45) is 23.0 Å². The number of unbranched alkanes of at least 4 members (excludes halogenated alkanes) is 2. The summed E-state index contributed by atoms with van der Waals surface area (Å²) in [5.74, 6) is -4.99. The molecule has 22 heteroatoms. The van der Waals surface area contributed by atoms with Gasteiger partial charge in [0.2, 0.25) is 39.6 Å². The van der Waals surface area contributed by atoms with Crippen molar-refractivity contribution in [3.8, 4) is 0 Å². The van der Waals surface area contributed by atoms with Gasteiger partial charge in [-0.3, -0.25) is 43.3 Å². The Bertz CT molecular complexity index is 2710. The molecule has 1 saturated carbocycles. The van der Waals surface area contributed by atoms with Crippen molar-refractivity contribution in [1.29, 1.82) is 0 Å². The molecule has 0 saturated heterocycles. The summed E-state index contributed by atoms with van der Waals surface area (Å²) in [5, 5.41) is 17.3. The van der Waals surface area contributed by atoms with Crippen molar-refractivity contribution in [3.63, 3.8) is 0 Å². The van der Waals surface area contributed by atoms with Crippen LogP contribution in [0.2, 0.25) is 0 Å². The number of hydrogen-bond donors (Lipinski definition) is 8. The Morgan fingerprint density at radius 1 is 0.775 bits per heavy atom. The Balaban J connectivity index is 1.39. The van der Waals surface area contributed by atoms with Crippen LogP contribution in [0.5, 0.6) is 0 Å². The van der Waals surface area contributed by atoms with E-state index in [4.69, 9.17) is 5.73 Å². The largest absolute Gasteiger partial charge is 0.352 e. The number of amides is 10. The molecule has 2 aliphatic rings. The van der Waals surface area contributed by atoms with Crippen molar-refractivity contribution in [2.75, 3.05) is 27.2 Å². The number of carbonyl (C=O) groups excluding carboxylic acids is 9. The fourth-order valence-corrected chi connectivity index (χ4v) is 10.9. The van der Waals surface area contributed by atoms with Crippen LogP contribution >= 0.6 is 0 Å². The smallest absolute Gasteiger partial charge is 0.312 e. The van der Waals surface area contributed by atoms with Crippen LogP contribution in [0.15, 0.2) is 78.4 Å². The number of nitrogens with one attached hydrogen (secondary N) is 7. The lowest BCUT2D eigenvalue weighted by molar-refractivity contribution is -0.141. The maximum Gasteiger partial charge on any atom is 0.312 e. The summed E-state index contributed by atoms with van der Waals surface area (Å²) in [6.45, 7) is 18.6. The van der Waals surface area contributed by atoms with E-state index in [2.05, 4.69) is 36.6 Å². The zero-order valence-corrected chi connectivity index (χ0v) is 49.4. The molecule has 80 heavy (non-hydrogen) atoms. The molecule has 21 nitrogen and oxygen atoms in total. The number of imide groups is 1. The molecule has 0 radical (unpaired) electrons. The van der Waals surface area contributed by atoms with Gasteiger partial charge in [0.15, 0.2) is 0 Å². The molecule has 10 amide bonds. The molecular weight excluding hydrogens is 1040 g/mol. The molecule has 1 aliphatic carbocycles. The van der Waals surface area contributed by atoms with Crippen LogP contribution in [-0.2, 0) is 65.1 Å². The first-order valence-electron chi connectivity index (χ1n) is 27.4. The van der Waals surface area contributed by atoms with E-state index in [-0.39, 0.29) is 73.4 Å². The average Bonchev–Trinajstić information content (AvgIpc) is 4.09. The summed E-state index contributed by atoms with van der Waals surface area (Å²) in [4.78, 5) is 120. The molecule has 1 aliphatic heterocycles. The second-order valence-corrected chi connectivity index (χ2v) is 25.1. The van der Waals surface area contributed by atoms with Gasteiger partial charge in [0, 0.05) is 49.7 Å². The molecule has 0 aromatic heterocycles. The molecule has 9 N–H and O–H groups in total. The van der Waals surface area contributed by atoms with Crippen molar-refractivity contribution < 1.29 is 51.6 Å². The second-order valence-electron chi connectivity index (χ2n) is 23.4. The lowest BCUT2D eigenvalue weighted by atomic mass is 9.76. The Morgan fingerprint density at radius 2 is 1.39 bits per heavy atom. The number of benzene rings is 2. The lowest BCUT2D eigenvalue weighted by Crippen LogP contribution is -2.61. The van der Waals surface area contributed by atoms with Crippen molar-refractivity contribution in [3.05, 3.63) is 95.1 Å². The fraction of sp³-hybridized carbons (Fsp3) is 0.569. The maximum atomic E-state index is 14.4. The Morgan fingerprint density at radius 3 is 1.93 bits per heavy atom. The SMILES string of the molecule is CN[C@H](C(=O)N[C@H](C(=O)N(C)[C@H](/C=C(\C)C(=O)NS(=O)(=O)Cc1ccc(C2(NC(=O)[C@@H](CCCNC(N)=O)NC(=O)[C@H](NC(=O)CCCCCN3C(=O)C=CC3=O)C(C)C)CC2)cc1)C(C)C)C(C)(C)C)C(C)(C)c1ccccc1. The number of rotatable bonds is 30. The number of likely N-dealkylation sites (N-methyl/N-ethyl adjacent to an activating group) is 2. The molecule has 0 spiro atoms. The predicted octanol–water partition coefficient (Wildman–Crippen LogP) is 3.82. The van der Waals surface area contributed by atoms with Crippen molar-refractivity contribution in [2.45, 2.75) is 168 Å². The zero-order valence-electron chi connectivity index (χ0n) is 48.6. The van der Waals surface area contributed by atoms with Crippen molar-refractivity contribution in [1.82, 2.24) is 46.4 Å². The van der Waals surface area contributed by atoms with Crippen LogP contribution in [0.25, 0.3) is 0 Å². The highest BCUT2D eigenvalue weighted by Crippen LogP contribution is 2.45. The summed E-state index contributed by atoms with van der Waals surface area (Å²) >= 11 is 0. The highest BCUT2D eigenvalue weighted by molar-refractivity contribution is 7.89. The first kappa shape index (κ1) is 65.6. The second kappa shape index (κ2) is 28.5. The Kier molecular flexibility index (Phi) is 23.3. The Hall–Kier alpha value is -6.94. The summed E-state index contributed by atoms with van der Waals surface area (Å²) in [6.07, 6.45) is 7.07. The topological polar surface area (TPSA) is 304 Å². The third-order valence-electron chi connectivity index (χ3n) is 14.7. The van der Waals surface area contributed by atoms with E-state index in [0.29, 0.717) is 43.2 Å². The van der Waals surface area contributed by atoms with Gasteiger partial charge in [-0.25, -0.2) is 17.9 Å². The normalized spacial score (nSPS) is 16.3. The van der Waals surface area contributed by atoms with Gasteiger partial charge in [0.05, 0.1) is 23.4 Å². The first-order valence-corrected chi connectivity index (χ1v) is 29.1. The number of primary amides is 1. The molecular formula is C58H86N10O11S. The molecule has 2 aromatic rings. The minimum Gasteiger partial charge on any atom is -0.352 e. The highest BCUT2D eigenvalue weighted by atomic mass is 32.2. The summed E-state index contributed by atoms with van der Waals surface area (Å²) in [7, 11) is -0.964. The molecule has 2 aromatic carbocycles. The van der Waals surface area contributed by atoms with Gasteiger partial charge < -0.3 is 42.5 Å². The van der Waals surface area contributed by atoms with Crippen LogP contribution in [0.4, 0.5) is 4.79 Å². The van der Waals surface area contributed by atoms with E-state index in [9.17, 15) is 51.6 Å². The van der Waals surface area contributed by atoms with Gasteiger partial charge in [0.1, 0.15) is 18.1 Å². The average molecular weight is 1130 g/mol. The highest BCUT2D eigenvalue weighted by Gasteiger charge is 2.47. The number of nitrogens with two attached hydrogens (primary N) is 1. The van der Waals surface area contributed by atoms with Gasteiger partial charge in [-0.15, -0.1) is 0 Å². The number of sulfonamides is 1. The maximum absolute atomic E-state index is 14.4. The van der Waals surface area contributed by atoms with Crippen LogP contribution < -0.4 is 42.4 Å². The standard InChI is InChI=1S/C58H86N10O11S/c1-36(2)43(67(12)54(76)49(56(6,7)8)64-53(75)48(60-11)57(9,10)40-20-15-13-16-21-40)34-38(5)50(72)66-80(78,79)35-39-24-26-41(27-25-39)58(30-31-58)65-51(73)42(22-19-32-61-55(59)77)62-52(74)47(37(3)4)63-44(69)23-17-14-18-33-68-45(70)28-29-46(68)71/h13,15-16,20-21,24-29,34,36-37,42-43,47-49,60H,14,17-19,22-23,30-33,35H2,1-12H3,(H,62,74)(H,63,69)(H,64,75)(H,65,73)(H,66,72)(H3,59,61,77)/b38-34+/t42-,43-,47-,48-,49-/m1/s1. The van der Waals surface area contributed by atoms with E-state index in [1.165, 1.54) is 24.0 Å². The van der Waals surface area contributed by atoms with Crippen LogP contribution in [0.3, 0.4) is 0 Å². The molecule has 0 bridgehead atoms. The minimum atomic E-state index is -4.25. The monoisotopic (exact) mass is 1130 g/mol. The molecule has 1 fully saturated rings. The van der Waals surface area contributed by atoms with Gasteiger partial charge in [0.25, 0.3) is 17.7 Å². The third kappa shape index (κ3) is 18.6. The van der Waals surface area contributed by atoms with Crippen LogP contribution in [0.1, 0.15) is 137 Å². The number of urea groups is 1.